The largest absolute Gasteiger partial charge is 0.493 e. The molecule has 1 aliphatic rings. The number of amides is 1. The fraction of sp³-hybridized carbons (Fsp3) is 0.459. The summed E-state index contributed by atoms with van der Waals surface area (Å²) in [5, 5.41) is 2.70. The number of carbonyl (C=O) groups is 1. The standard InChI is InChI=1S/C37H51N5O3/c1-3-4-20-39-37(38)40-36(43)18-14-31-13-17-34(35(28-31)45-27-8-26-44-2)33-15-11-32(12-16-33)29-42-24-22-41(23-25-42)21-19-30-9-6-5-7-10-30/h5-7,9-13,15-17,28H,3-4,8,14,18-27,29H2,1-2H3,(H3,38,39,40,43). The maximum Gasteiger partial charge on any atom is 0.226 e. The molecule has 242 valence electrons. The molecule has 0 spiro atoms. The number of nitrogens with one attached hydrogen (secondary N) is 1. The lowest BCUT2D eigenvalue weighted by Gasteiger charge is -2.34. The van der Waals surface area contributed by atoms with E-state index in [2.05, 4.69) is 99.8 Å². The smallest absolute Gasteiger partial charge is 0.226 e. The Balaban J connectivity index is 1.31. The van der Waals surface area contributed by atoms with Crippen LogP contribution in [0, 0.1) is 0 Å². The Morgan fingerprint density at radius 2 is 1.60 bits per heavy atom. The SMILES string of the molecule is CCCCN=C(N)NC(=O)CCc1ccc(-c2ccc(CN3CCN(CCc4ccccc4)CC3)cc2)c(OCCCOC)c1. The number of nitrogens with zero attached hydrogens (tertiary/aromatic N) is 3. The highest BCUT2D eigenvalue weighted by Crippen LogP contribution is 2.32. The molecule has 45 heavy (non-hydrogen) atoms. The number of ether oxygens (including phenoxy) is 2. The van der Waals surface area contributed by atoms with Crippen molar-refractivity contribution in [2.75, 3.05) is 59.6 Å². The third kappa shape index (κ3) is 12.0. The van der Waals surface area contributed by atoms with Gasteiger partial charge in [-0.05, 0) is 47.6 Å². The molecule has 0 aromatic heterocycles. The zero-order chi connectivity index (χ0) is 31.7. The van der Waals surface area contributed by atoms with Gasteiger partial charge in [-0.15, -0.1) is 0 Å². The molecular weight excluding hydrogens is 562 g/mol. The monoisotopic (exact) mass is 613 g/mol. The van der Waals surface area contributed by atoms with E-state index in [0.29, 0.717) is 32.6 Å². The van der Waals surface area contributed by atoms with Crippen LogP contribution in [-0.2, 0) is 28.9 Å². The molecule has 1 aliphatic heterocycles. The van der Waals surface area contributed by atoms with Gasteiger partial charge in [0.25, 0.3) is 0 Å². The lowest BCUT2D eigenvalue weighted by Crippen LogP contribution is -2.46. The maximum atomic E-state index is 12.4. The molecule has 1 amide bonds. The van der Waals surface area contributed by atoms with Crippen LogP contribution in [-0.4, -0.2) is 81.3 Å². The molecule has 3 aromatic carbocycles. The number of hydrogen-bond acceptors (Lipinski definition) is 6. The highest BCUT2D eigenvalue weighted by atomic mass is 16.5. The fourth-order valence-electron chi connectivity index (χ4n) is 5.48. The minimum absolute atomic E-state index is 0.136. The molecule has 4 rings (SSSR count). The van der Waals surface area contributed by atoms with Gasteiger partial charge in [0.15, 0.2) is 5.96 Å². The van der Waals surface area contributed by atoms with E-state index in [9.17, 15) is 4.79 Å². The van der Waals surface area contributed by atoms with Crippen LogP contribution in [0.25, 0.3) is 11.1 Å². The number of aliphatic imine (C=N–C) groups is 1. The van der Waals surface area contributed by atoms with Crippen molar-refractivity contribution < 1.29 is 14.3 Å². The average Bonchev–Trinajstić information content (AvgIpc) is 3.06. The Hall–Kier alpha value is -3.72. The molecule has 0 radical (unpaired) electrons. The second-order valence-electron chi connectivity index (χ2n) is 11.7. The van der Waals surface area contributed by atoms with Gasteiger partial charge in [-0.3, -0.25) is 20.0 Å². The minimum atomic E-state index is -0.136. The van der Waals surface area contributed by atoms with Gasteiger partial charge in [-0.1, -0.05) is 80.1 Å². The number of guanidine groups is 1. The van der Waals surface area contributed by atoms with Gasteiger partial charge in [0, 0.05) is 77.9 Å². The summed E-state index contributed by atoms with van der Waals surface area (Å²) in [5.74, 6) is 0.878. The van der Waals surface area contributed by atoms with Gasteiger partial charge in [0.2, 0.25) is 5.91 Å². The summed E-state index contributed by atoms with van der Waals surface area (Å²) in [6, 6.07) is 25.8. The summed E-state index contributed by atoms with van der Waals surface area (Å²) in [5.41, 5.74) is 11.8. The Kier molecular flexibility index (Phi) is 14.4. The zero-order valence-corrected chi connectivity index (χ0v) is 27.2. The Morgan fingerprint density at radius 1 is 0.867 bits per heavy atom. The maximum absolute atomic E-state index is 12.4. The Morgan fingerprint density at radius 3 is 2.33 bits per heavy atom. The first-order valence-corrected chi connectivity index (χ1v) is 16.5. The molecule has 0 saturated carbocycles. The minimum Gasteiger partial charge on any atom is -0.493 e. The van der Waals surface area contributed by atoms with E-state index in [1.54, 1.807) is 7.11 Å². The number of unbranched alkanes of at least 4 members (excludes halogenated alkanes) is 1. The topological polar surface area (TPSA) is 92.4 Å². The van der Waals surface area contributed by atoms with Crippen molar-refractivity contribution in [1.82, 2.24) is 15.1 Å². The van der Waals surface area contributed by atoms with E-state index >= 15 is 0 Å². The molecule has 0 bridgehead atoms. The van der Waals surface area contributed by atoms with Crippen LogP contribution in [0.5, 0.6) is 5.75 Å². The highest BCUT2D eigenvalue weighted by Gasteiger charge is 2.17. The van der Waals surface area contributed by atoms with Crippen LogP contribution in [0.3, 0.4) is 0 Å². The van der Waals surface area contributed by atoms with E-state index in [1.807, 2.05) is 0 Å². The van der Waals surface area contributed by atoms with Gasteiger partial charge in [0.1, 0.15) is 5.75 Å². The molecule has 0 aliphatic carbocycles. The molecule has 3 N–H and O–H groups in total. The van der Waals surface area contributed by atoms with Crippen molar-refractivity contribution in [2.45, 2.75) is 52.0 Å². The van der Waals surface area contributed by atoms with Crippen molar-refractivity contribution in [2.24, 2.45) is 10.7 Å². The first kappa shape index (κ1) is 34.2. The first-order valence-electron chi connectivity index (χ1n) is 16.5. The molecule has 3 aromatic rings. The van der Waals surface area contributed by atoms with Crippen molar-refractivity contribution in [1.29, 1.82) is 0 Å². The summed E-state index contributed by atoms with van der Waals surface area (Å²) in [6.45, 7) is 10.4. The molecule has 8 nitrogen and oxygen atoms in total. The van der Waals surface area contributed by atoms with Crippen LogP contribution in [0.2, 0.25) is 0 Å². The summed E-state index contributed by atoms with van der Waals surface area (Å²) < 4.78 is 11.4. The van der Waals surface area contributed by atoms with E-state index in [1.165, 1.54) is 11.1 Å². The van der Waals surface area contributed by atoms with E-state index in [-0.39, 0.29) is 11.9 Å². The Bertz CT molecular complexity index is 1320. The van der Waals surface area contributed by atoms with E-state index < -0.39 is 0 Å². The third-order valence-electron chi connectivity index (χ3n) is 8.19. The Labute approximate surface area is 269 Å². The van der Waals surface area contributed by atoms with Crippen LogP contribution < -0.4 is 15.8 Å². The predicted molar refractivity (Wildman–Crippen MR) is 184 cm³/mol. The summed E-state index contributed by atoms with van der Waals surface area (Å²) in [6.07, 6.45) is 4.81. The number of rotatable bonds is 17. The van der Waals surface area contributed by atoms with Gasteiger partial charge in [-0.25, -0.2) is 0 Å². The van der Waals surface area contributed by atoms with Crippen molar-refractivity contribution in [3.8, 4) is 16.9 Å². The zero-order valence-electron chi connectivity index (χ0n) is 27.2. The van der Waals surface area contributed by atoms with E-state index in [4.69, 9.17) is 15.2 Å². The normalized spacial score (nSPS) is 14.4. The van der Waals surface area contributed by atoms with Gasteiger partial charge < -0.3 is 20.1 Å². The van der Waals surface area contributed by atoms with Crippen LogP contribution in [0.1, 0.15) is 49.3 Å². The van der Waals surface area contributed by atoms with Crippen LogP contribution in [0.15, 0.2) is 77.8 Å². The van der Waals surface area contributed by atoms with Crippen LogP contribution in [0.4, 0.5) is 0 Å². The number of piperazine rings is 1. The number of carbonyl (C=O) groups excluding carboxylic acids is 1. The van der Waals surface area contributed by atoms with Crippen LogP contribution >= 0.6 is 0 Å². The summed E-state index contributed by atoms with van der Waals surface area (Å²) >= 11 is 0. The molecule has 1 heterocycles. The number of hydrogen-bond donors (Lipinski definition) is 2. The second kappa shape index (κ2) is 18.9. The molecular formula is C37H51N5O3. The molecule has 1 fully saturated rings. The van der Waals surface area contributed by atoms with E-state index in [0.717, 1.165) is 87.4 Å². The highest BCUT2D eigenvalue weighted by molar-refractivity contribution is 5.96. The number of aryl methyl sites for hydroxylation is 1. The molecule has 0 unspecified atom stereocenters. The van der Waals surface area contributed by atoms with Gasteiger partial charge in [-0.2, -0.15) is 0 Å². The second-order valence-corrected chi connectivity index (χ2v) is 11.7. The fourth-order valence-corrected chi connectivity index (χ4v) is 5.48. The summed E-state index contributed by atoms with van der Waals surface area (Å²) in [4.78, 5) is 21.8. The number of methoxy groups -OCH3 is 1. The first-order chi connectivity index (χ1) is 22.0. The lowest BCUT2D eigenvalue weighted by atomic mass is 9.99. The quantitative estimate of drug-likeness (QED) is 0.122. The number of benzene rings is 3. The molecule has 0 atom stereocenters. The van der Waals surface area contributed by atoms with Crippen molar-refractivity contribution in [3.63, 3.8) is 0 Å². The van der Waals surface area contributed by atoms with Crippen molar-refractivity contribution >= 4 is 11.9 Å². The van der Waals surface area contributed by atoms with Gasteiger partial charge in [0.05, 0.1) is 6.61 Å². The molecule has 1 saturated heterocycles. The summed E-state index contributed by atoms with van der Waals surface area (Å²) in [7, 11) is 1.70. The average molecular weight is 614 g/mol. The lowest BCUT2D eigenvalue weighted by molar-refractivity contribution is -0.119. The number of nitrogens with two attached hydrogens (primary N) is 1. The van der Waals surface area contributed by atoms with Crippen molar-refractivity contribution in [3.05, 3.63) is 89.5 Å². The predicted octanol–water partition coefficient (Wildman–Crippen LogP) is 5.29. The third-order valence-corrected chi connectivity index (χ3v) is 8.19. The molecule has 8 heteroatoms. The van der Waals surface area contributed by atoms with Gasteiger partial charge >= 0.3 is 0 Å².